The summed E-state index contributed by atoms with van der Waals surface area (Å²) in [7, 11) is 0. The summed E-state index contributed by atoms with van der Waals surface area (Å²) in [6.07, 6.45) is 0. The van der Waals surface area contributed by atoms with Crippen molar-refractivity contribution < 1.29 is 0 Å². The highest BCUT2D eigenvalue weighted by atomic mass is 16.1. The molecule has 0 fully saturated rings. The van der Waals surface area contributed by atoms with Crippen LogP contribution in [0.2, 0.25) is 0 Å². The number of hydrogen-bond acceptors (Lipinski definition) is 3. The summed E-state index contributed by atoms with van der Waals surface area (Å²) in [5.74, 6) is 5.84. The number of aromatic nitrogens is 2. The van der Waals surface area contributed by atoms with Crippen LogP contribution in [0.4, 0.5) is 0 Å². The van der Waals surface area contributed by atoms with Gasteiger partial charge in [-0.15, -0.1) is 0 Å². The van der Waals surface area contributed by atoms with Gasteiger partial charge in [0.15, 0.2) is 0 Å². The van der Waals surface area contributed by atoms with Crippen LogP contribution in [0.5, 0.6) is 0 Å². The van der Waals surface area contributed by atoms with Crippen molar-refractivity contribution >= 4 is 0 Å². The van der Waals surface area contributed by atoms with Crippen molar-refractivity contribution in [2.75, 3.05) is 6.54 Å². The second-order valence-corrected chi connectivity index (χ2v) is 4.13. The minimum Gasteiger partial charge on any atom is -0.320 e. The number of hydrogen-bond donors (Lipinski definition) is 1. The molecule has 96 valence electrons. The molecule has 0 aliphatic carbocycles. The van der Waals surface area contributed by atoms with Gasteiger partial charge in [0, 0.05) is 11.6 Å². The number of nitrogens with zero attached hydrogens (tertiary/aromatic N) is 2. The molecule has 0 atom stereocenters. The quantitative estimate of drug-likeness (QED) is 0.809. The Morgan fingerprint density at radius 3 is 2.84 bits per heavy atom. The van der Waals surface area contributed by atoms with Crippen LogP contribution in [0.1, 0.15) is 16.8 Å². The molecule has 1 aromatic heterocycles. The fourth-order valence-electron chi connectivity index (χ4n) is 1.75. The lowest BCUT2D eigenvalue weighted by Crippen LogP contribution is -2.23. The standard InChI is InChI=1S/C15H15N3O/c1-12-8-9-15(19)18(17-12)11-14-6-3-2-5-13(14)7-4-10-16/h2-3,5-6,8-9H,10-11,16H2,1H3. The third kappa shape index (κ3) is 3.30. The Morgan fingerprint density at radius 2 is 2.05 bits per heavy atom. The van der Waals surface area contributed by atoms with Gasteiger partial charge in [-0.2, -0.15) is 5.10 Å². The van der Waals surface area contributed by atoms with Crippen molar-refractivity contribution in [1.82, 2.24) is 9.78 Å². The average molecular weight is 253 g/mol. The summed E-state index contributed by atoms with van der Waals surface area (Å²) in [5.41, 5.74) is 7.91. The van der Waals surface area contributed by atoms with Crippen molar-refractivity contribution in [1.29, 1.82) is 0 Å². The van der Waals surface area contributed by atoms with E-state index < -0.39 is 0 Å². The van der Waals surface area contributed by atoms with E-state index in [0.29, 0.717) is 13.1 Å². The Bertz CT molecular complexity index is 692. The van der Waals surface area contributed by atoms with Crippen LogP contribution in [-0.4, -0.2) is 16.3 Å². The lowest BCUT2D eigenvalue weighted by molar-refractivity contribution is 0.627. The molecule has 0 unspecified atom stereocenters. The maximum absolute atomic E-state index is 11.7. The number of benzene rings is 1. The van der Waals surface area contributed by atoms with Gasteiger partial charge < -0.3 is 5.73 Å². The Morgan fingerprint density at radius 1 is 1.26 bits per heavy atom. The highest BCUT2D eigenvalue weighted by Crippen LogP contribution is 2.08. The zero-order chi connectivity index (χ0) is 13.7. The number of rotatable bonds is 2. The van der Waals surface area contributed by atoms with Crippen LogP contribution in [-0.2, 0) is 6.54 Å². The lowest BCUT2D eigenvalue weighted by Gasteiger charge is -2.07. The largest absolute Gasteiger partial charge is 0.320 e. The molecule has 0 aliphatic heterocycles. The van der Waals surface area contributed by atoms with Gasteiger partial charge in [0.25, 0.3) is 5.56 Å². The topological polar surface area (TPSA) is 60.9 Å². The minimum absolute atomic E-state index is 0.118. The van der Waals surface area contributed by atoms with Gasteiger partial charge in [0.05, 0.1) is 18.8 Å². The molecule has 1 heterocycles. The Balaban J connectivity index is 2.38. The van der Waals surface area contributed by atoms with Gasteiger partial charge in [0.2, 0.25) is 0 Å². The van der Waals surface area contributed by atoms with Crippen LogP contribution in [0.3, 0.4) is 0 Å². The van der Waals surface area contributed by atoms with E-state index in [-0.39, 0.29) is 5.56 Å². The van der Waals surface area contributed by atoms with E-state index in [1.54, 1.807) is 6.07 Å². The molecule has 0 radical (unpaired) electrons. The van der Waals surface area contributed by atoms with Crippen molar-refractivity contribution in [3.8, 4) is 11.8 Å². The molecular weight excluding hydrogens is 238 g/mol. The van der Waals surface area contributed by atoms with Crippen LogP contribution in [0.15, 0.2) is 41.2 Å². The van der Waals surface area contributed by atoms with Crippen LogP contribution < -0.4 is 11.3 Å². The monoisotopic (exact) mass is 253 g/mol. The molecular formula is C15H15N3O. The Hall–Kier alpha value is -2.38. The maximum atomic E-state index is 11.7. The molecule has 0 saturated heterocycles. The Kier molecular flexibility index (Phi) is 4.11. The summed E-state index contributed by atoms with van der Waals surface area (Å²) in [6, 6.07) is 10.9. The molecule has 0 amide bonds. The van der Waals surface area contributed by atoms with Gasteiger partial charge in [-0.05, 0) is 24.6 Å². The third-order valence-corrected chi connectivity index (χ3v) is 2.66. The summed E-state index contributed by atoms with van der Waals surface area (Å²) < 4.78 is 1.44. The van der Waals surface area contributed by atoms with Crippen molar-refractivity contribution in [3.05, 3.63) is 63.6 Å². The van der Waals surface area contributed by atoms with Crippen molar-refractivity contribution in [3.63, 3.8) is 0 Å². The highest BCUT2D eigenvalue weighted by molar-refractivity contribution is 5.41. The average Bonchev–Trinajstić information content (AvgIpc) is 2.42. The first-order chi connectivity index (χ1) is 9.20. The van der Waals surface area contributed by atoms with Gasteiger partial charge >= 0.3 is 0 Å². The minimum atomic E-state index is -0.118. The molecule has 4 heteroatoms. The van der Waals surface area contributed by atoms with Crippen molar-refractivity contribution in [2.45, 2.75) is 13.5 Å². The van der Waals surface area contributed by atoms with E-state index in [0.717, 1.165) is 16.8 Å². The smallest absolute Gasteiger partial charge is 0.267 e. The molecule has 0 bridgehead atoms. The van der Waals surface area contributed by atoms with Crippen molar-refractivity contribution in [2.24, 2.45) is 5.73 Å². The summed E-state index contributed by atoms with van der Waals surface area (Å²) in [6.45, 7) is 2.59. The van der Waals surface area contributed by atoms with Gasteiger partial charge in [-0.1, -0.05) is 30.0 Å². The zero-order valence-corrected chi connectivity index (χ0v) is 10.8. The molecule has 2 N–H and O–H groups in total. The maximum Gasteiger partial charge on any atom is 0.267 e. The first-order valence-electron chi connectivity index (χ1n) is 6.02. The molecule has 0 saturated carbocycles. The van der Waals surface area contributed by atoms with E-state index >= 15 is 0 Å². The first kappa shape index (κ1) is 13.1. The highest BCUT2D eigenvalue weighted by Gasteiger charge is 2.03. The Labute approximate surface area is 111 Å². The predicted octanol–water partition coefficient (Wildman–Crippen LogP) is 0.910. The summed E-state index contributed by atoms with van der Waals surface area (Å²) in [5, 5.41) is 4.22. The fraction of sp³-hybridized carbons (Fsp3) is 0.200. The zero-order valence-electron chi connectivity index (χ0n) is 10.8. The normalized spacial score (nSPS) is 9.79. The summed E-state index contributed by atoms with van der Waals surface area (Å²) in [4.78, 5) is 11.7. The molecule has 19 heavy (non-hydrogen) atoms. The first-order valence-corrected chi connectivity index (χ1v) is 6.02. The second kappa shape index (κ2) is 5.98. The molecule has 4 nitrogen and oxygen atoms in total. The van der Waals surface area contributed by atoms with E-state index in [1.807, 2.05) is 31.2 Å². The van der Waals surface area contributed by atoms with E-state index in [9.17, 15) is 4.79 Å². The third-order valence-electron chi connectivity index (χ3n) is 2.66. The van der Waals surface area contributed by atoms with Gasteiger partial charge in [-0.25, -0.2) is 4.68 Å². The predicted molar refractivity (Wildman–Crippen MR) is 74.7 cm³/mol. The molecule has 1 aromatic carbocycles. The summed E-state index contributed by atoms with van der Waals surface area (Å²) >= 11 is 0. The number of nitrogens with two attached hydrogens (primary N) is 1. The van der Waals surface area contributed by atoms with Crippen LogP contribution in [0, 0.1) is 18.8 Å². The molecule has 0 aliphatic rings. The van der Waals surface area contributed by atoms with E-state index in [2.05, 4.69) is 16.9 Å². The van der Waals surface area contributed by atoms with Crippen LogP contribution in [0.25, 0.3) is 0 Å². The second-order valence-electron chi connectivity index (χ2n) is 4.13. The van der Waals surface area contributed by atoms with Gasteiger partial charge in [-0.3, -0.25) is 4.79 Å². The molecule has 0 spiro atoms. The fourth-order valence-corrected chi connectivity index (χ4v) is 1.75. The van der Waals surface area contributed by atoms with E-state index in [4.69, 9.17) is 5.73 Å². The van der Waals surface area contributed by atoms with Gasteiger partial charge in [0.1, 0.15) is 0 Å². The van der Waals surface area contributed by atoms with E-state index in [1.165, 1.54) is 10.7 Å². The molecule has 2 rings (SSSR count). The number of aryl methyl sites for hydroxylation is 1. The lowest BCUT2D eigenvalue weighted by atomic mass is 10.1. The van der Waals surface area contributed by atoms with Crippen LogP contribution >= 0.6 is 0 Å². The SMILES string of the molecule is Cc1ccc(=O)n(Cc2ccccc2C#CCN)n1. The molecule has 2 aromatic rings.